The molecular weight excluding hydrogens is 484 g/mol. The number of methoxy groups -OCH3 is 1. The fourth-order valence-electron chi connectivity index (χ4n) is 4.29. The molecule has 0 radical (unpaired) electrons. The molecule has 1 saturated heterocycles. The fraction of sp³-hybridized carbons (Fsp3) is 0.423. The van der Waals surface area contributed by atoms with Gasteiger partial charge in [-0.05, 0) is 37.1 Å². The van der Waals surface area contributed by atoms with Crippen LogP contribution in [0, 0.1) is 5.41 Å². The van der Waals surface area contributed by atoms with Gasteiger partial charge in [-0.15, -0.1) is 11.3 Å². The van der Waals surface area contributed by atoms with E-state index in [2.05, 4.69) is 5.32 Å². The van der Waals surface area contributed by atoms with Crippen LogP contribution < -0.4 is 10.1 Å². The van der Waals surface area contributed by atoms with Gasteiger partial charge in [-0.1, -0.05) is 44.5 Å². The lowest BCUT2D eigenvalue weighted by Gasteiger charge is -2.35. The number of carbonyl (C=O) groups excluding carboxylic acids is 2. The van der Waals surface area contributed by atoms with Crippen LogP contribution in [-0.2, 0) is 11.3 Å². The Hall–Kier alpha value is -2.84. The standard InChI is InChI=1S/C26H31ClN4O3S/c1-26(2,3)25(33)30-13-11-17(12-14-30)20-15-23(28-16-18-9-10-22(27)35-18)31(29-20)24(32)19-7-5-6-8-21(19)34-4/h5-10,15,17,28H,11-14,16H2,1-4H3. The fourth-order valence-corrected chi connectivity index (χ4v) is 5.32. The van der Waals surface area contributed by atoms with Gasteiger partial charge in [0.15, 0.2) is 0 Å². The minimum absolute atomic E-state index is 0.169. The van der Waals surface area contributed by atoms with E-state index in [0.717, 1.165) is 27.7 Å². The normalized spacial score (nSPS) is 14.7. The van der Waals surface area contributed by atoms with Crippen LogP contribution in [-0.4, -0.2) is 46.7 Å². The molecule has 7 nitrogen and oxygen atoms in total. The van der Waals surface area contributed by atoms with Crippen LogP contribution in [0.3, 0.4) is 0 Å². The Morgan fingerprint density at radius 1 is 1.17 bits per heavy atom. The number of aromatic nitrogens is 2. The summed E-state index contributed by atoms with van der Waals surface area (Å²) in [5, 5.41) is 8.11. The van der Waals surface area contributed by atoms with Gasteiger partial charge in [0.2, 0.25) is 5.91 Å². The second-order valence-corrected chi connectivity index (χ2v) is 11.5. The van der Waals surface area contributed by atoms with Crippen molar-refractivity contribution in [1.82, 2.24) is 14.7 Å². The van der Waals surface area contributed by atoms with Gasteiger partial charge in [-0.2, -0.15) is 9.78 Å². The van der Waals surface area contributed by atoms with Gasteiger partial charge in [0.05, 0.1) is 29.2 Å². The van der Waals surface area contributed by atoms with Gasteiger partial charge in [0, 0.05) is 35.4 Å². The van der Waals surface area contributed by atoms with Crippen molar-refractivity contribution >= 4 is 40.6 Å². The van der Waals surface area contributed by atoms with Gasteiger partial charge in [-0.25, -0.2) is 0 Å². The topological polar surface area (TPSA) is 76.5 Å². The molecule has 4 rings (SSSR count). The van der Waals surface area contributed by atoms with Crippen LogP contribution in [0.5, 0.6) is 5.75 Å². The SMILES string of the molecule is COc1ccccc1C(=O)n1nc(C2CCN(C(=O)C(C)(C)C)CC2)cc1NCc1ccc(Cl)s1. The maximum Gasteiger partial charge on any atom is 0.283 e. The van der Waals surface area contributed by atoms with Crippen LogP contribution >= 0.6 is 22.9 Å². The lowest BCUT2D eigenvalue weighted by atomic mass is 9.90. The molecule has 3 heterocycles. The monoisotopic (exact) mass is 514 g/mol. The van der Waals surface area contributed by atoms with Crippen LogP contribution in [0.1, 0.15) is 60.5 Å². The number of anilines is 1. The first-order chi connectivity index (χ1) is 16.7. The summed E-state index contributed by atoms with van der Waals surface area (Å²) in [6, 6.07) is 12.9. The van der Waals surface area contributed by atoms with Crippen molar-refractivity contribution in [2.24, 2.45) is 5.41 Å². The van der Waals surface area contributed by atoms with E-state index in [4.69, 9.17) is 21.4 Å². The largest absolute Gasteiger partial charge is 0.496 e. The zero-order valence-corrected chi connectivity index (χ0v) is 22.1. The first kappa shape index (κ1) is 25.3. The number of amides is 1. The molecule has 1 aliphatic heterocycles. The highest BCUT2D eigenvalue weighted by atomic mass is 35.5. The number of piperidine rings is 1. The average Bonchev–Trinajstić information content (AvgIpc) is 3.47. The predicted octanol–water partition coefficient (Wildman–Crippen LogP) is 5.66. The van der Waals surface area contributed by atoms with E-state index in [1.807, 2.05) is 56.0 Å². The van der Waals surface area contributed by atoms with Crippen molar-refractivity contribution in [3.63, 3.8) is 0 Å². The number of thiophene rings is 1. The van der Waals surface area contributed by atoms with Crippen molar-refractivity contribution in [2.75, 3.05) is 25.5 Å². The summed E-state index contributed by atoms with van der Waals surface area (Å²) in [6.07, 6.45) is 1.61. The highest BCUT2D eigenvalue weighted by Gasteiger charge is 2.32. The van der Waals surface area contributed by atoms with Gasteiger partial charge < -0.3 is 15.0 Å². The third-order valence-electron chi connectivity index (χ3n) is 6.17. The number of carbonyl (C=O) groups is 2. The predicted molar refractivity (Wildman–Crippen MR) is 140 cm³/mol. The highest BCUT2D eigenvalue weighted by molar-refractivity contribution is 7.16. The smallest absolute Gasteiger partial charge is 0.283 e. The summed E-state index contributed by atoms with van der Waals surface area (Å²) in [5.41, 5.74) is 0.900. The highest BCUT2D eigenvalue weighted by Crippen LogP contribution is 2.32. The number of halogens is 1. The second-order valence-electron chi connectivity index (χ2n) is 9.75. The van der Waals surface area contributed by atoms with E-state index >= 15 is 0 Å². The number of hydrogen-bond donors (Lipinski definition) is 1. The molecule has 0 saturated carbocycles. The summed E-state index contributed by atoms with van der Waals surface area (Å²) in [4.78, 5) is 29.2. The summed E-state index contributed by atoms with van der Waals surface area (Å²) in [7, 11) is 1.55. The van der Waals surface area contributed by atoms with Gasteiger partial charge in [0.1, 0.15) is 11.6 Å². The third kappa shape index (κ3) is 5.70. The van der Waals surface area contributed by atoms with Gasteiger partial charge in [0.25, 0.3) is 5.91 Å². The lowest BCUT2D eigenvalue weighted by molar-refractivity contribution is -0.140. The molecule has 1 aromatic carbocycles. The maximum absolute atomic E-state index is 13.5. The second kappa shape index (κ2) is 10.4. The summed E-state index contributed by atoms with van der Waals surface area (Å²) < 4.78 is 7.56. The van der Waals surface area contributed by atoms with Gasteiger partial charge >= 0.3 is 0 Å². The number of nitrogens with one attached hydrogen (secondary N) is 1. The molecule has 0 bridgehead atoms. The average molecular weight is 515 g/mol. The molecule has 1 N–H and O–H groups in total. The van der Waals surface area contributed by atoms with Crippen LogP contribution in [0.4, 0.5) is 5.82 Å². The Bertz CT molecular complexity index is 1210. The quantitative estimate of drug-likeness (QED) is 0.459. The van der Waals surface area contributed by atoms with Crippen molar-refractivity contribution in [1.29, 1.82) is 0 Å². The lowest BCUT2D eigenvalue weighted by Crippen LogP contribution is -2.43. The number of ether oxygens (including phenoxy) is 1. The van der Waals surface area contributed by atoms with Crippen molar-refractivity contribution in [2.45, 2.75) is 46.1 Å². The summed E-state index contributed by atoms with van der Waals surface area (Å²) in [6.45, 7) is 7.75. The van der Waals surface area contributed by atoms with E-state index in [9.17, 15) is 9.59 Å². The van der Waals surface area contributed by atoms with E-state index < -0.39 is 5.41 Å². The van der Waals surface area contributed by atoms with Crippen LogP contribution in [0.2, 0.25) is 4.34 Å². The summed E-state index contributed by atoms with van der Waals surface area (Å²) in [5.74, 6) is 1.20. The Morgan fingerprint density at radius 2 is 1.89 bits per heavy atom. The molecule has 1 fully saturated rings. The van der Waals surface area contributed by atoms with E-state index in [0.29, 0.717) is 36.8 Å². The number of rotatable bonds is 6. The minimum atomic E-state index is -0.392. The molecule has 186 valence electrons. The number of likely N-dealkylation sites (tertiary alicyclic amines) is 1. The minimum Gasteiger partial charge on any atom is -0.496 e. The first-order valence-electron chi connectivity index (χ1n) is 11.7. The molecule has 0 aliphatic carbocycles. The molecule has 0 atom stereocenters. The molecule has 35 heavy (non-hydrogen) atoms. The molecule has 1 aliphatic rings. The number of para-hydroxylation sites is 1. The Morgan fingerprint density at radius 3 is 2.51 bits per heavy atom. The number of benzene rings is 1. The Labute approximate surface area is 215 Å². The zero-order valence-electron chi connectivity index (χ0n) is 20.5. The van der Waals surface area contributed by atoms with Crippen molar-refractivity contribution in [3.8, 4) is 5.75 Å². The third-order valence-corrected chi connectivity index (χ3v) is 7.40. The van der Waals surface area contributed by atoms with E-state index in [1.54, 1.807) is 19.2 Å². The maximum atomic E-state index is 13.5. The van der Waals surface area contributed by atoms with E-state index in [-0.39, 0.29) is 17.7 Å². The molecule has 2 aromatic heterocycles. The van der Waals surface area contributed by atoms with Crippen LogP contribution in [0.15, 0.2) is 42.5 Å². The zero-order chi connectivity index (χ0) is 25.2. The van der Waals surface area contributed by atoms with Crippen molar-refractivity contribution in [3.05, 3.63) is 62.9 Å². The molecule has 0 unspecified atom stereocenters. The molecule has 1 amide bonds. The molecule has 0 spiro atoms. The van der Waals surface area contributed by atoms with Crippen LogP contribution in [0.25, 0.3) is 0 Å². The van der Waals surface area contributed by atoms with E-state index in [1.165, 1.54) is 16.0 Å². The summed E-state index contributed by atoms with van der Waals surface area (Å²) >= 11 is 7.58. The van der Waals surface area contributed by atoms with Gasteiger partial charge in [-0.3, -0.25) is 9.59 Å². The Balaban J connectivity index is 1.58. The number of hydrogen-bond acceptors (Lipinski definition) is 6. The Kier molecular flexibility index (Phi) is 7.52. The molecule has 9 heteroatoms. The number of nitrogens with zero attached hydrogens (tertiary/aromatic N) is 3. The van der Waals surface area contributed by atoms with Crippen molar-refractivity contribution < 1.29 is 14.3 Å². The molecule has 3 aromatic rings. The first-order valence-corrected chi connectivity index (χ1v) is 12.9. The molecular formula is C26H31ClN4O3S.